The summed E-state index contributed by atoms with van der Waals surface area (Å²) in [4.78, 5) is 4.71. The Morgan fingerprint density at radius 1 is 1.36 bits per heavy atom. The van der Waals surface area contributed by atoms with Gasteiger partial charge in [0.05, 0.1) is 0 Å². The average Bonchev–Trinajstić information content (AvgIpc) is 2.74. The van der Waals surface area contributed by atoms with E-state index in [0.717, 1.165) is 6.42 Å². The summed E-state index contributed by atoms with van der Waals surface area (Å²) >= 11 is 1.78. The molecule has 2 aromatic heterocycles. The molecule has 0 radical (unpaired) electrons. The van der Waals surface area contributed by atoms with Crippen molar-refractivity contribution in [1.82, 2.24) is 4.98 Å². The molecule has 3 N–H and O–H groups in total. The lowest BCUT2D eigenvalue weighted by Crippen LogP contribution is -2.01. The van der Waals surface area contributed by atoms with Crippen LogP contribution in [-0.2, 0) is 6.42 Å². The normalized spacial score (nSPS) is 10.7. The van der Waals surface area contributed by atoms with Gasteiger partial charge in [-0.1, -0.05) is 0 Å². The summed E-state index contributed by atoms with van der Waals surface area (Å²) in [6.45, 7) is 2.78. The Morgan fingerprint density at radius 2 is 2.21 bits per heavy atom. The molecule has 0 aliphatic heterocycles. The van der Waals surface area contributed by atoms with Crippen LogP contribution in [0.15, 0.2) is 23.6 Å². The van der Waals surface area contributed by atoms with Gasteiger partial charge in [0.1, 0.15) is 0 Å². The van der Waals surface area contributed by atoms with Crippen molar-refractivity contribution in [3.8, 4) is 11.3 Å². The summed E-state index contributed by atoms with van der Waals surface area (Å²) in [5, 5.41) is 2.12. The number of nitrogens with two attached hydrogens (primary N) is 1. The summed E-state index contributed by atoms with van der Waals surface area (Å²) in [6.07, 6.45) is 0.963. The topological polar surface area (TPSA) is 41.8 Å². The number of hydrogen-bond donors (Lipinski definition) is 2. The van der Waals surface area contributed by atoms with Crippen LogP contribution in [0.2, 0.25) is 0 Å². The molecule has 0 bridgehead atoms. The van der Waals surface area contributed by atoms with Crippen LogP contribution in [0.1, 0.15) is 10.6 Å². The van der Waals surface area contributed by atoms with E-state index in [0.29, 0.717) is 6.54 Å². The molecule has 0 aromatic carbocycles. The molecule has 0 atom stereocenters. The van der Waals surface area contributed by atoms with Crippen molar-refractivity contribution in [3.63, 3.8) is 0 Å². The SMILES string of the molecule is Cc1ccc(-c2ccsc2CCN)[nH]1. The first-order valence-electron chi connectivity index (χ1n) is 4.73. The highest BCUT2D eigenvalue weighted by molar-refractivity contribution is 7.10. The highest BCUT2D eigenvalue weighted by Crippen LogP contribution is 2.27. The molecule has 14 heavy (non-hydrogen) atoms. The summed E-state index contributed by atoms with van der Waals surface area (Å²) in [5.74, 6) is 0. The molecule has 0 aliphatic carbocycles. The molecular weight excluding hydrogens is 192 g/mol. The summed E-state index contributed by atoms with van der Waals surface area (Å²) in [5.41, 5.74) is 9.27. The Kier molecular flexibility index (Phi) is 2.70. The van der Waals surface area contributed by atoms with Gasteiger partial charge in [-0.15, -0.1) is 11.3 Å². The minimum atomic E-state index is 0.715. The Hall–Kier alpha value is -1.06. The third kappa shape index (κ3) is 1.74. The molecule has 2 rings (SSSR count). The molecule has 3 heteroatoms. The van der Waals surface area contributed by atoms with Gasteiger partial charge in [0.2, 0.25) is 0 Å². The first-order chi connectivity index (χ1) is 6.81. The van der Waals surface area contributed by atoms with Gasteiger partial charge < -0.3 is 10.7 Å². The second-order valence-electron chi connectivity index (χ2n) is 3.35. The number of aromatic amines is 1. The fourth-order valence-corrected chi connectivity index (χ4v) is 2.48. The van der Waals surface area contributed by atoms with Gasteiger partial charge in [0.15, 0.2) is 0 Å². The monoisotopic (exact) mass is 206 g/mol. The maximum Gasteiger partial charge on any atom is 0.0467 e. The lowest BCUT2D eigenvalue weighted by atomic mass is 10.1. The number of nitrogens with one attached hydrogen (secondary N) is 1. The largest absolute Gasteiger partial charge is 0.359 e. The first-order valence-corrected chi connectivity index (χ1v) is 5.61. The molecule has 0 spiro atoms. The third-order valence-electron chi connectivity index (χ3n) is 2.24. The standard InChI is InChI=1S/C11H14N2S/c1-8-2-3-10(13-8)9-5-7-14-11(9)4-6-12/h2-3,5,7,13H,4,6,12H2,1H3. The third-order valence-corrected chi connectivity index (χ3v) is 3.22. The maximum absolute atomic E-state index is 5.57. The second-order valence-corrected chi connectivity index (χ2v) is 4.35. The van der Waals surface area contributed by atoms with Crippen molar-refractivity contribution in [3.05, 3.63) is 34.2 Å². The van der Waals surface area contributed by atoms with E-state index in [9.17, 15) is 0 Å². The van der Waals surface area contributed by atoms with Gasteiger partial charge in [-0.3, -0.25) is 0 Å². The number of aryl methyl sites for hydroxylation is 1. The Balaban J connectivity index is 2.36. The van der Waals surface area contributed by atoms with Crippen LogP contribution in [0.4, 0.5) is 0 Å². The minimum absolute atomic E-state index is 0.715. The van der Waals surface area contributed by atoms with Crippen LogP contribution in [0.25, 0.3) is 11.3 Å². The van der Waals surface area contributed by atoms with E-state index in [-0.39, 0.29) is 0 Å². The van der Waals surface area contributed by atoms with E-state index in [1.807, 2.05) is 0 Å². The van der Waals surface area contributed by atoms with Crippen molar-refractivity contribution >= 4 is 11.3 Å². The lowest BCUT2D eigenvalue weighted by molar-refractivity contribution is 0.989. The van der Waals surface area contributed by atoms with Crippen LogP contribution in [0.3, 0.4) is 0 Å². The Bertz CT molecular complexity index is 414. The molecule has 0 saturated heterocycles. The summed E-state index contributed by atoms with van der Waals surface area (Å²) in [6, 6.07) is 6.37. The Morgan fingerprint density at radius 3 is 2.86 bits per heavy atom. The van der Waals surface area contributed by atoms with E-state index < -0.39 is 0 Å². The van der Waals surface area contributed by atoms with Crippen molar-refractivity contribution < 1.29 is 0 Å². The van der Waals surface area contributed by atoms with E-state index in [1.165, 1.54) is 21.8 Å². The average molecular weight is 206 g/mol. The van der Waals surface area contributed by atoms with Crippen molar-refractivity contribution in [2.24, 2.45) is 5.73 Å². The molecule has 0 aliphatic rings. The predicted molar refractivity (Wildman–Crippen MR) is 61.6 cm³/mol. The van der Waals surface area contributed by atoms with E-state index in [1.54, 1.807) is 11.3 Å². The zero-order valence-electron chi connectivity index (χ0n) is 8.21. The summed E-state index contributed by atoms with van der Waals surface area (Å²) < 4.78 is 0. The van der Waals surface area contributed by atoms with Gasteiger partial charge >= 0.3 is 0 Å². The highest BCUT2D eigenvalue weighted by Gasteiger charge is 2.06. The number of H-pyrrole nitrogens is 1. The van der Waals surface area contributed by atoms with E-state index in [2.05, 4.69) is 35.5 Å². The van der Waals surface area contributed by atoms with Crippen molar-refractivity contribution in [2.75, 3.05) is 6.54 Å². The van der Waals surface area contributed by atoms with Crippen LogP contribution < -0.4 is 5.73 Å². The first kappa shape index (κ1) is 9.49. The maximum atomic E-state index is 5.57. The van der Waals surface area contributed by atoms with Gasteiger partial charge in [-0.25, -0.2) is 0 Å². The van der Waals surface area contributed by atoms with Crippen molar-refractivity contribution in [2.45, 2.75) is 13.3 Å². The predicted octanol–water partition coefficient (Wildman–Crippen LogP) is 2.55. The fourth-order valence-electron chi connectivity index (χ4n) is 1.57. The molecule has 2 nitrogen and oxygen atoms in total. The zero-order valence-corrected chi connectivity index (χ0v) is 9.03. The Labute approximate surface area is 87.8 Å². The molecule has 0 fully saturated rings. The second kappa shape index (κ2) is 3.98. The van der Waals surface area contributed by atoms with Gasteiger partial charge in [0, 0.05) is 21.8 Å². The molecule has 2 heterocycles. The van der Waals surface area contributed by atoms with Crippen LogP contribution in [0, 0.1) is 6.92 Å². The number of aromatic nitrogens is 1. The highest BCUT2D eigenvalue weighted by atomic mass is 32.1. The fraction of sp³-hybridized carbons (Fsp3) is 0.273. The van der Waals surface area contributed by atoms with Crippen LogP contribution in [-0.4, -0.2) is 11.5 Å². The smallest absolute Gasteiger partial charge is 0.0467 e. The molecule has 0 saturated carbocycles. The molecular formula is C11H14N2S. The molecule has 74 valence electrons. The number of thiophene rings is 1. The lowest BCUT2D eigenvalue weighted by Gasteiger charge is -1.99. The molecule has 2 aromatic rings. The summed E-state index contributed by atoms with van der Waals surface area (Å²) in [7, 11) is 0. The molecule has 0 amide bonds. The quantitative estimate of drug-likeness (QED) is 0.796. The van der Waals surface area contributed by atoms with Gasteiger partial charge in [-0.2, -0.15) is 0 Å². The minimum Gasteiger partial charge on any atom is -0.359 e. The van der Waals surface area contributed by atoms with Gasteiger partial charge in [-0.05, 0) is 43.5 Å². The molecule has 0 unspecified atom stereocenters. The number of hydrogen-bond acceptors (Lipinski definition) is 2. The van der Waals surface area contributed by atoms with Gasteiger partial charge in [0.25, 0.3) is 0 Å². The van der Waals surface area contributed by atoms with E-state index in [4.69, 9.17) is 5.73 Å². The number of rotatable bonds is 3. The van der Waals surface area contributed by atoms with Crippen LogP contribution in [0.5, 0.6) is 0 Å². The zero-order chi connectivity index (χ0) is 9.97. The van der Waals surface area contributed by atoms with Crippen LogP contribution >= 0.6 is 11.3 Å². The van der Waals surface area contributed by atoms with E-state index >= 15 is 0 Å². The van der Waals surface area contributed by atoms with Crippen molar-refractivity contribution in [1.29, 1.82) is 0 Å².